The molecule has 0 spiro atoms. The summed E-state index contributed by atoms with van der Waals surface area (Å²) in [5, 5.41) is 14.2. The van der Waals surface area contributed by atoms with Gasteiger partial charge in [0.25, 0.3) is 5.69 Å². The van der Waals surface area contributed by atoms with Crippen molar-refractivity contribution in [1.29, 1.82) is 0 Å². The molecule has 1 aromatic carbocycles. The number of hydrogen-bond acceptors (Lipinski definition) is 6. The first kappa shape index (κ1) is 17.8. The number of piperazine rings is 1. The van der Waals surface area contributed by atoms with Crippen LogP contribution >= 0.6 is 11.3 Å². The van der Waals surface area contributed by atoms with E-state index in [0.29, 0.717) is 0 Å². The Labute approximate surface area is 152 Å². The van der Waals surface area contributed by atoms with Gasteiger partial charge < -0.3 is 4.90 Å². The number of anilines is 1. The third-order valence-electron chi connectivity index (χ3n) is 4.53. The monoisotopic (exact) mass is 360 g/mol. The highest BCUT2D eigenvalue weighted by Crippen LogP contribution is 2.21. The van der Waals surface area contributed by atoms with Gasteiger partial charge in [-0.15, -0.1) is 11.3 Å². The third kappa shape index (κ3) is 4.76. The van der Waals surface area contributed by atoms with Crippen molar-refractivity contribution in [2.24, 2.45) is 0 Å². The van der Waals surface area contributed by atoms with Crippen LogP contribution in [0.4, 0.5) is 11.4 Å². The van der Waals surface area contributed by atoms with Crippen LogP contribution in [0.25, 0.3) is 0 Å². The number of rotatable bonds is 7. The van der Waals surface area contributed by atoms with E-state index in [4.69, 9.17) is 4.98 Å². The van der Waals surface area contributed by atoms with E-state index in [1.165, 1.54) is 23.5 Å². The molecule has 3 rings (SSSR count). The molecule has 0 bridgehead atoms. The van der Waals surface area contributed by atoms with Crippen LogP contribution in [-0.4, -0.2) is 41.0 Å². The Bertz CT molecular complexity index is 693. The van der Waals surface area contributed by atoms with E-state index in [-0.39, 0.29) is 10.6 Å². The Morgan fingerprint density at radius 1 is 1.20 bits per heavy atom. The zero-order valence-corrected chi connectivity index (χ0v) is 15.4. The highest BCUT2D eigenvalue weighted by molar-refractivity contribution is 7.09. The fourth-order valence-electron chi connectivity index (χ4n) is 3.04. The molecule has 0 atom stereocenters. The van der Waals surface area contributed by atoms with Gasteiger partial charge >= 0.3 is 0 Å². The van der Waals surface area contributed by atoms with E-state index in [0.717, 1.165) is 44.8 Å². The molecule has 0 unspecified atom stereocenters. The van der Waals surface area contributed by atoms with Crippen LogP contribution < -0.4 is 4.90 Å². The van der Waals surface area contributed by atoms with E-state index < -0.39 is 0 Å². The van der Waals surface area contributed by atoms with E-state index in [1.54, 1.807) is 23.5 Å². The summed E-state index contributed by atoms with van der Waals surface area (Å²) in [4.78, 5) is 19.8. The molecular formula is C18H24N4O2S. The van der Waals surface area contributed by atoms with E-state index >= 15 is 0 Å². The normalized spacial score (nSPS) is 15.5. The Balaban J connectivity index is 1.49. The quantitative estimate of drug-likeness (QED) is 0.556. The van der Waals surface area contributed by atoms with Gasteiger partial charge in [-0.3, -0.25) is 15.0 Å². The predicted molar refractivity (Wildman–Crippen MR) is 101 cm³/mol. The first-order valence-corrected chi connectivity index (χ1v) is 9.68. The Morgan fingerprint density at radius 2 is 1.92 bits per heavy atom. The molecule has 0 N–H and O–H groups in total. The minimum atomic E-state index is -0.357. The Morgan fingerprint density at radius 3 is 2.56 bits per heavy atom. The fraction of sp³-hybridized carbons (Fsp3) is 0.500. The van der Waals surface area contributed by atoms with Gasteiger partial charge in [0.05, 0.1) is 15.6 Å². The Kier molecular flexibility index (Phi) is 5.99. The van der Waals surface area contributed by atoms with E-state index in [1.807, 2.05) is 12.1 Å². The SMILES string of the molecule is CCCCc1nc(CN2CCN(c3ccc([N+](=O)[O-])cc3)CC2)cs1. The van der Waals surface area contributed by atoms with E-state index in [9.17, 15) is 10.1 Å². The van der Waals surface area contributed by atoms with Crippen LogP contribution in [0.15, 0.2) is 29.6 Å². The zero-order chi connectivity index (χ0) is 17.6. The maximum atomic E-state index is 10.7. The molecule has 1 aliphatic heterocycles. The van der Waals surface area contributed by atoms with Crippen LogP contribution in [0.2, 0.25) is 0 Å². The van der Waals surface area contributed by atoms with Crippen molar-refractivity contribution in [3.8, 4) is 0 Å². The van der Waals surface area contributed by atoms with Crippen LogP contribution in [0.5, 0.6) is 0 Å². The van der Waals surface area contributed by atoms with Crippen molar-refractivity contribution < 1.29 is 4.92 Å². The molecule has 2 heterocycles. The molecule has 2 aromatic rings. The molecule has 0 saturated carbocycles. The van der Waals surface area contributed by atoms with Crippen molar-refractivity contribution in [3.05, 3.63) is 50.5 Å². The number of nitro groups is 1. The van der Waals surface area contributed by atoms with Gasteiger partial charge in [-0.2, -0.15) is 0 Å². The summed E-state index contributed by atoms with van der Waals surface area (Å²) < 4.78 is 0. The summed E-state index contributed by atoms with van der Waals surface area (Å²) in [7, 11) is 0. The maximum Gasteiger partial charge on any atom is 0.269 e. The van der Waals surface area contributed by atoms with Gasteiger partial charge in [-0.1, -0.05) is 13.3 Å². The molecule has 1 aliphatic rings. The van der Waals surface area contributed by atoms with Crippen molar-refractivity contribution in [1.82, 2.24) is 9.88 Å². The molecular weight excluding hydrogens is 336 g/mol. The molecule has 0 amide bonds. The molecule has 1 aromatic heterocycles. The number of aromatic nitrogens is 1. The molecule has 1 saturated heterocycles. The van der Waals surface area contributed by atoms with Crippen LogP contribution in [0.1, 0.15) is 30.5 Å². The predicted octanol–water partition coefficient (Wildman–Crippen LogP) is 3.72. The van der Waals surface area contributed by atoms with Gasteiger partial charge in [0, 0.05) is 55.9 Å². The van der Waals surface area contributed by atoms with Gasteiger partial charge in [-0.25, -0.2) is 4.98 Å². The summed E-state index contributed by atoms with van der Waals surface area (Å²) in [6.07, 6.45) is 3.51. The largest absolute Gasteiger partial charge is 0.369 e. The summed E-state index contributed by atoms with van der Waals surface area (Å²) >= 11 is 1.78. The number of nitrogens with zero attached hydrogens (tertiary/aromatic N) is 4. The third-order valence-corrected chi connectivity index (χ3v) is 5.48. The maximum absolute atomic E-state index is 10.7. The number of thiazole rings is 1. The second kappa shape index (κ2) is 8.40. The molecule has 25 heavy (non-hydrogen) atoms. The van der Waals surface area contributed by atoms with Gasteiger partial charge in [0.15, 0.2) is 0 Å². The Hall–Kier alpha value is -1.99. The van der Waals surface area contributed by atoms with Crippen molar-refractivity contribution in [2.45, 2.75) is 32.7 Å². The average Bonchev–Trinajstić information content (AvgIpc) is 3.08. The van der Waals surface area contributed by atoms with Crippen LogP contribution in [0.3, 0.4) is 0 Å². The number of unbranched alkanes of at least 4 members (excludes halogenated alkanes) is 1. The van der Waals surface area contributed by atoms with Crippen molar-refractivity contribution in [3.63, 3.8) is 0 Å². The average molecular weight is 360 g/mol. The molecule has 1 fully saturated rings. The summed E-state index contributed by atoms with van der Waals surface area (Å²) in [5.74, 6) is 0. The van der Waals surface area contributed by atoms with Crippen molar-refractivity contribution >= 4 is 22.7 Å². The zero-order valence-electron chi connectivity index (χ0n) is 14.6. The number of aryl methyl sites for hydroxylation is 1. The van der Waals surface area contributed by atoms with Crippen molar-refractivity contribution in [2.75, 3.05) is 31.1 Å². The van der Waals surface area contributed by atoms with Crippen LogP contribution in [-0.2, 0) is 13.0 Å². The molecule has 7 heteroatoms. The molecule has 134 valence electrons. The first-order valence-electron chi connectivity index (χ1n) is 8.80. The molecule has 0 aliphatic carbocycles. The second-order valence-electron chi connectivity index (χ2n) is 6.37. The standard InChI is InChI=1S/C18H24N4O2S/c1-2-3-4-18-19-15(14-25-18)13-20-9-11-21(12-10-20)16-5-7-17(8-6-16)22(23)24/h5-8,14H,2-4,9-13H2,1H3. The highest BCUT2D eigenvalue weighted by Gasteiger charge is 2.18. The lowest BCUT2D eigenvalue weighted by atomic mass is 10.2. The fourth-order valence-corrected chi connectivity index (χ4v) is 3.87. The number of benzene rings is 1. The number of non-ortho nitro benzene ring substituents is 1. The lowest BCUT2D eigenvalue weighted by molar-refractivity contribution is -0.384. The number of nitro benzene ring substituents is 1. The summed E-state index contributed by atoms with van der Waals surface area (Å²) in [6.45, 7) is 6.96. The second-order valence-corrected chi connectivity index (χ2v) is 7.32. The molecule has 6 nitrogen and oxygen atoms in total. The van der Waals surface area contributed by atoms with Crippen LogP contribution in [0, 0.1) is 10.1 Å². The number of hydrogen-bond donors (Lipinski definition) is 0. The topological polar surface area (TPSA) is 62.5 Å². The lowest BCUT2D eigenvalue weighted by Gasteiger charge is -2.35. The van der Waals surface area contributed by atoms with E-state index in [2.05, 4.69) is 22.1 Å². The highest BCUT2D eigenvalue weighted by atomic mass is 32.1. The van der Waals surface area contributed by atoms with Gasteiger partial charge in [0.1, 0.15) is 0 Å². The van der Waals surface area contributed by atoms with Gasteiger partial charge in [-0.05, 0) is 25.0 Å². The summed E-state index contributed by atoms with van der Waals surface area (Å²) in [6, 6.07) is 6.84. The lowest BCUT2D eigenvalue weighted by Crippen LogP contribution is -2.46. The summed E-state index contributed by atoms with van der Waals surface area (Å²) in [5.41, 5.74) is 2.38. The smallest absolute Gasteiger partial charge is 0.269 e. The van der Waals surface area contributed by atoms with Gasteiger partial charge in [0.2, 0.25) is 0 Å². The first-order chi connectivity index (χ1) is 12.2. The minimum absolute atomic E-state index is 0.143. The minimum Gasteiger partial charge on any atom is -0.369 e. The molecule has 0 radical (unpaired) electrons.